The van der Waals surface area contributed by atoms with Crippen LogP contribution >= 0.6 is 0 Å². The quantitative estimate of drug-likeness (QED) is 0.797. The Balaban J connectivity index is 2.29. The number of hydrogen-bond donors (Lipinski definition) is 2. The Labute approximate surface area is 99.6 Å². The number of amides is 1. The first-order valence-electron chi connectivity index (χ1n) is 5.66. The molecule has 1 fully saturated rings. The third-order valence-electron chi connectivity index (χ3n) is 3.04. The molecule has 0 spiro atoms. The number of nitrogens with two attached hydrogens (primary N) is 1. The predicted molar refractivity (Wildman–Crippen MR) is 64.6 cm³/mol. The van der Waals surface area contributed by atoms with Crippen molar-refractivity contribution in [2.24, 2.45) is 5.73 Å². The Kier molecular flexibility index (Phi) is 3.28. The monoisotopic (exact) mass is 237 g/mol. The summed E-state index contributed by atoms with van der Waals surface area (Å²) in [6, 6.07) is 4.62. The number of primary amides is 1. The minimum atomic E-state index is -0.608. The summed E-state index contributed by atoms with van der Waals surface area (Å²) in [5.41, 5.74) is 5.84. The number of piperazine rings is 1. The Morgan fingerprint density at radius 1 is 1.59 bits per heavy atom. The molecule has 1 atom stereocenters. The number of nitrogens with zero attached hydrogens (tertiary/aromatic N) is 1. The Hall–Kier alpha value is -1.62. The molecule has 3 N–H and O–H groups in total. The molecule has 0 aromatic heterocycles. The molecule has 1 aliphatic heterocycles. The molecule has 17 heavy (non-hydrogen) atoms. The smallest absolute Gasteiger partial charge is 0.248 e. The summed E-state index contributed by atoms with van der Waals surface area (Å²) in [6.45, 7) is 4.46. The molecule has 0 radical (unpaired) electrons. The van der Waals surface area contributed by atoms with E-state index in [-0.39, 0.29) is 11.6 Å². The first-order valence-corrected chi connectivity index (χ1v) is 5.66. The van der Waals surface area contributed by atoms with E-state index in [4.69, 9.17) is 5.73 Å². The van der Waals surface area contributed by atoms with Crippen LogP contribution in [0.25, 0.3) is 0 Å². The molecule has 1 saturated heterocycles. The summed E-state index contributed by atoms with van der Waals surface area (Å²) in [5.74, 6) is -1.00. The van der Waals surface area contributed by atoms with Gasteiger partial charge in [-0.05, 0) is 25.1 Å². The van der Waals surface area contributed by atoms with Gasteiger partial charge in [-0.2, -0.15) is 0 Å². The summed E-state index contributed by atoms with van der Waals surface area (Å²) in [4.78, 5) is 12.9. The van der Waals surface area contributed by atoms with Crippen molar-refractivity contribution < 1.29 is 9.18 Å². The lowest BCUT2D eigenvalue weighted by Crippen LogP contribution is -2.50. The zero-order valence-corrected chi connectivity index (χ0v) is 9.74. The fourth-order valence-electron chi connectivity index (χ4n) is 2.09. The standard InChI is InChI=1S/C12H16FN3O/c1-8-7-15-4-5-16(8)11-3-2-9(12(14)17)6-10(11)13/h2-3,6,8,15H,4-5,7H2,1H3,(H2,14,17). The van der Waals surface area contributed by atoms with Gasteiger partial charge in [-0.15, -0.1) is 0 Å². The van der Waals surface area contributed by atoms with Gasteiger partial charge in [-0.25, -0.2) is 4.39 Å². The Morgan fingerprint density at radius 3 is 2.94 bits per heavy atom. The molecule has 5 heteroatoms. The van der Waals surface area contributed by atoms with Gasteiger partial charge in [0.1, 0.15) is 5.82 Å². The molecule has 1 aromatic carbocycles. The third-order valence-corrected chi connectivity index (χ3v) is 3.04. The van der Waals surface area contributed by atoms with Gasteiger partial charge in [-0.1, -0.05) is 0 Å². The lowest BCUT2D eigenvalue weighted by Gasteiger charge is -2.36. The molecule has 1 amide bonds. The molecule has 1 aliphatic rings. The molecule has 1 heterocycles. The number of halogens is 1. The maximum Gasteiger partial charge on any atom is 0.248 e. The van der Waals surface area contributed by atoms with Crippen molar-refractivity contribution in [1.29, 1.82) is 0 Å². The number of carbonyl (C=O) groups excluding carboxylic acids is 1. The summed E-state index contributed by atoms with van der Waals surface area (Å²) >= 11 is 0. The number of anilines is 1. The number of nitrogens with one attached hydrogen (secondary N) is 1. The van der Waals surface area contributed by atoms with Crippen molar-refractivity contribution in [2.75, 3.05) is 24.5 Å². The van der Waals surface area contributed by atoms with Crippen molar-refractivity contribution in [3.05, 3.63) is 29.6 Å². The van der Waals surface area contributed by atoms with Crippen LogP contribution in [0.5, 0.6) is 0 Å². The number of benzene rings is 1. The lowest BCUT2D eigenvalue weighted by atomic mass is 10.1. The van der Waals surface area contributed by atoms with E-state index in [1.807, 2.05) is 11.8 Å². The molecular weight excluding hydrogens is 221 g/mol. The zero-order valence-electron chi connectivity index (χ0n) is 9.74. The van der Waals surface area contributed by atoms with Crippen LogP contribution in [0.1, 0.15) is 17.3 Å². The summed E-state index contributed by atoms with van der Waals surface area (Å²) in [7, 11) is 0. The van der Waals surface area contributed by atoms with Crippen LogP contribution in [-0.2, 0) is 0 Å². The van der Waals surface area contributed by atoms with Gasteiger partial charge in [0.15, 0.2) is 0 Å². The molecule has 0 bridgehead atoms. The molecule has 1 unspecified atom stereocenters. The minimum absolute atomic E-state index is 0.203. The molecule has 4 nitrogen and oxygen atoms in total. The molecule has 0 aliphatic carbocycles. The average Bonchev–Trinajstić information content (AvgIpc) is 2.30. The van der Waals surface area contributed by atoms with Crippen LogP contribution in [0.3, 0.4) is 0 Å². The summed E-state index contributed by atoms with van der Waals surface area (Å²) < 4.78 is 13.9. The van der Waals surface area contributed by atoms with Gasteiger partial charge in [0.2, 0.25) is 5.91 Å². The maximum absolute atomic E-state index is 13.9. The van der Waals surface area contributed by atoms with E-state index in [1.165, 1.54) is 6.07 Å². The SMILES string of the molecule is CC1CNCCN1c1ccc(C(N)=O)cc1F. The third kappa shape index (κ3) is 2.39. The normalized spacial score (nSPS) is 20.4. The van der Waals surface area contributed by atoms with Crippen LogP contribution in [-0.4, -0.2) is 31.6 Å². The van der Waals surface area contributed by atoms with Crippen LogP contribution in [0.4, 0.5) is 10.1 Å². The molecule has 2 rings (SSSR count). The summed E-state index contributed by atoms with van der Waals surface area (Å²) in [5, 5.41) is 3.25. The van der Waals surface area contributed by atoms with Crippen molar-refractivity contribution in [1.82, 2.24) is 5.32 Å². The average molecular weight is 237 g/mol. The van der Waals surface area contributed by atoms with Crippen molar-refractivity contribution >= 4 is 11.6 Å². The maximum atomic E-state index is 13.9. The summed E-state index contributed by atoms with van der Waals surface area (Å²) in [6.07, 6.45) is 0. The van der Waals surface area contributed by atoms with Crippen LogP contribution in [0.2, 0.25) is 0 Å². The molecule has 92 valence electrons. The highest BCUT2D eigenvalue weighted by atomic mass is 19.1. The zero-order chi connectivity index (χ0) is 12.4. The first-order chi connectivity index (χ1) is 8.09. The van der Waals surface area contributed by atoms with Gasteiger partial charge >= 0.3 is 0 Å². The number of carbonyl (C=O) groups is 1. The highest BCUT2D eigenvalue weighted by molar-refractivity contribution is 5.93. The largest absolute Gasteiger partial charge is 0.366 e. The second-order valence-electron chi connectivity index (χ2n) is 4.28. The van der Waals surface area contributed by atoms with E-state index in [9.17, 15) is 9.18 Å². The topological polar surface area (TPSA) is 58.4 Å². The molecular formula is C12H16FN3O. The van der Waals surface area contributed by atoms with Gasteiger partial charge in [-0.3, -0.25) is 4.79 Å². The van der Waals surface area contributed by atoms with Gasteiger partial charge in [0.05, 0.1) is 5.69 Å². The van der Waals surface area contributed by atoms with Gasteiger partial charge in [0, 0.05) is 31.2 Å². The Morgan fingerprint density at radius 2 is 2.35 bits per heavy atom. The van der Waals surface area contributed by atoms with Crippen molar-refractivity contribution in [2.45, 2.75) is 13.0 Å². The number of hydrogen-bond acceptors (Lipinski definition) is 3. The second kappa shape index (κ2) is 4.71. The van der Waals surface area contributed by atoms with Crippen LogP contribution in [0.15, 0.2) is 18.2 Å². The highest BCUT2D eigenvalue weighted by Crippen LogP contribution is 2.23. The molecule has 1 aromatic rings. The fraction of sp³-hybridized carbons (Fsp3) is 0.417. The minimum Gasteiger partial charge on any atom is -0.366 e. The first kappa shape index (κ1) is 11.9. The van der Waals surface area contributed by atoms with E-state index in [2.05, 4.69) is 5.32 Å². The van der Waals surface area contributed by atoms with E-state index in [0.29, 0.717) is 5.69 Å². The van der Waals surface area contributed by atoms with E-state index >= 15 is 0 Å². The van der Waals surface area contributed by atoms with Crippen molar-refractivity contribution in [3.63, 3.8) is 0 Å². The van der Waals surface area contributed by atoms with E-state index in [0.717, 1.165) is 19.6 Å². The molecule has 0 saturated carbocycles. The van der Waals surface area contributed by atoms with E-state index < -0.39 is 11.7 Å². The van der Waals surface area contributed by atoms with Gasteiger partial charge < -0.3 is 16.0 Å². The lowest BCUT2D eigenvalue weighted by molar-refractivity contribution is 0.1000. The van der Waals surface area contributed by atoms with E-state index in [1.54, 1.807) is 12.1 Å². The van der Waals surface area contributed by atoms with Crippen LogP contribution in [0, 0.1) is 5.82 Å². The highest BCUT2D eigenvalue weighted by Gasteiger charge is 2.21. The second-order valence-corrected chi connectivity index (χ2v) is 4.28. The van der Waals surface area contributed by atoms with Crippen LogP contribution < -0.4 is 16.0 Å². The van der Waals surface area contributed by atoms with Gasteiger partial charge in [0.25, 0.3) is 0 Å². The Bertz CT molecular complexity index is 436. The fourth-order valence-corrected chi connectivity index (χ4v) is 2.09. The predicted octanol–water partition coefficient (Wildman–Crippen LogP) is 0.723. The van der Waals surface area contributed by atoms with Crippen molar-refractivity contribution in [3.8, 4) is 0 Å². The number of rotatable bonds is 2.